The molecule has 1 aliphatic rings. The zero-order chi connectivity index (χ0) is 16.4. The number of nitrogens with zero attached hydrogens (tertiary/aromatic N) is 1. The number of carbonyl (C=O) groups is 1. The normalized spacial score (nSPS) is 16.6. The molecule has 0 fully saturated rings. The number of para-hydroxylation sites is 1. The van der Waals surface area contributed by atoms with Crippen LogP contribution in [0.1, 0.15) is 24.5 Å². The molecule has 3 rings (SSSR count). The van der Waals surface area contributed by atoms with Crippen molar-refractivity contribution in [3.05, 3.63) is 53.6 Å². The molecule has 1 unspecified atom stereocenters. The van der Waals surface area contributed by atoms with Crippen molar-refractivity contribution in [1.82, 2.24) is 0 Å². The van der Waals surface area contributed by atoms with Crippen LogP contribution in [0.25, 0.3) is 0 Å². The topological polar surface area (TPSA) is 55.6 Å². The average molecular weight is 310 g/mol. The van der Waals surface area contributed by atoms with Crippen LogP contribution in [0.15, 0.2) is 42.5 Å². The van der Waals surface area contributed by atoms with E-state index in [2.05, 4.69) is 0 Å². The number of nitrogen functional groups attached to an aromatic ring is 1. The van der Waals surface area contributed by atoms with Gasteiger partial charge in [-0.2, -0.15) is 0 Å². The third kappa shape index (κ3) is 3.31. The zero-order valence-corrected chi connectivity index (χ0v) is 13.6. The van der Waals surface area contributed by atoms with Crippen LogP contribution in [0.5, 0.6) is 5.75 Å². The lowest BCUT2D eigenvalue weighted by Crippen LogP contribution is -2.42. The van der Waals surface area contributed by atoms with Gasteiger partial charge in [0, 0.05) is 12.1 Å². The summed E-state index contributed by atoms with van der Waals surface area (Å²) in [7, 11) is 0. The lowest BCUT2D eigenvalue weighted by molar-refractivity contribution is -0.119. The van der Waals surface area contributed by atoms with E-state index in [-0.39, 0.29) is 12.0 Å². The van der Waals surface area contributed by atoms with Crippen LogP contribution in [-0.4, -0.2) is 18.6 Å². The van der Waals surface area contributed by atoms with Gasteiger partial charge in [0.1, 0.15) is 11.9 Å². The second-order valence-corrected chi connectivity index (χ2v) is 6.10. The van der Waals surface area contributed by atoms with Gasteiger partial charge >= 0.3 is 0 Å². The minimum absolute atomic E-state index is 0.00459. The van der Waals surface area contributed by atoms with Crippen LogP contribution < -0.4 is 15.4 Å². The van der Waals surface area contributed by atoms with E-state index < -0.39 is 0 Å². The van der Waals surface area contributed by atoms with Crippen LogP contribution in [0, 0.1) is 6.92 Å². The SMILES string of the molecule is Cc1ccc2c(c1)OC(C)CN2C(=O)CCc1ccccc1N. The molecule has 4 nitrogen and oxygen atoms in total. The molecule has 1 atom stereocenters. The van der Waals surface area contributed by atoms with Crippen molar-refractivity contribution < 1.29 is 9.53 Å². The molecule has 0 bridgehead atoms. The molecule has 23 heavy (non-hydrogen) atoms. The Morgan fingerprint density at radius 1 is 1.30 bits per heavy atom. The van der Waals surface area contributed by atoms with Gasteiger partial charge in [-0.1, -0.05) is 24.3 Å². The number of fused-ring (bicyclic) bond motifs is 1. The summed E-state index contributed by atoms with van der Waals surface area (Å²) in [5.41, 5.74) is 9.71. The number of nitrogens with two attached hydrogens (primary N) is 1. The number of anilines is 2. The fraction of sp³-hybridized carbons (Fsp3) is 0.316. The lowest BCUT2D eigenvalue weighted by atomic mass is 10.1. The third-order valence-electron chi connectivity index (χ3n) is 4.14. The van der Waals surface area contributed by atoms with Gasteiger partial charge < -0.3 is 15.4 Å². The number of carbonyl (C=O) groups excluding carboxylic acids is 1. The van der Waals surface area contributed by atoms with E-state index >= 15 is 0 Å². The van der Waals surface area contributed by atoms with Crippen molar-refractivity contribution in [3.63, 3.8) is 0 Å². The number of amides is 1. The molecule has 1 amide bonds. The maximum atomic E-state index is 12.7. The number of aryl methyl sites for hydroxylation is 2. The van der Waals surface area contributed by atoms with Crippen LogP contribution in [-0.2, 0) is 11.2 Å². The second kappa shape index (κ2) is 6.32. The summed E-state index contributed by atoms with van der Waals surface area (Å²) in [5.74, 6) is 0.893. The van der Waals surface area contributed by atoms with Crippen molar-refractivity contribution in [2.45, 2.75) is 32.8 Å². The number of rotatable bonds is 3. The minimum atomic E-state index is -0.00459. The Hall–Kier alpha value is -2.49. The fourth-order valence-corrected chi connectivity index (χ4v) is 2.92. The first-order chi connectivity index (χ1) is 11.0. The Morgan fingerprint density at radius 3 is 2.87 bits per heavy atom. The molecule has 120 valence electrons. The van der Waals surface area contributed by atoms with Crippen LogP contribution in [0.2, 0.25) is 0 Å². The second-order valence-electron chi connectivity index (χ2n) is 6.10. The van der Waals surface area contributed by atoms with Gasteiger partial charge in [0.2, 0.25) is 5.91 Å². The quantitative estimate of drug-likeness (QED) is 0.885. The Kier molecular flexibility index (Phi) is 4.24. The molecule has 2 aromatic carbocycles. The van der Waals surface area contributed by atoms with Crippen molar-refractivity contribution in [2.24, 2.45) is 0 Å². The summed E-state index contributed by atoms with van der Waals surface area (Å²) in [6, 6.07) is 13.7. The summed E-state index contributed by atoms with van der Waals surface area (Å²) in [4.78, 5) is 14.5. The van der Waals surface area contributed by atoms with Gasteiger partial charge in [-0.05, 0) is 49.6 Å². The van der Waals surface area contributed by atoms with Gasteiger partial charge in [0.05, 0.1) is 12.2 Å². The summed E-state index contributed by atoms with van der Waals surface area (Å²) >= 11 is 0. The molecular formula is C19H22N2O2. The van der Waals surface area contributed by atoms with E-state index in [1.165, 1.54) is 0 Å². The van der Waals surface area contributed by atoms with Crippen molar-refractivity contribution >= 4 is 17.3 Å². The lowest BCUT2D eigenvalue weighted by Gasteiger charge is -2.33. The molecule has 0 spiro atoms. The van der Waals surface area contributed by atoms with E-state index in [0.717, 1.165) is 28.3 Å². The molecule has 1 heterocycles. The molecule has 0 saturated heterocycles. The molecular weight excluding hydrogens is 288 g/mol. The Bertz CT molecular complexity index is 727. The Morgan fingerprint density at radius 2 is 2.09 bits per heavy atom. The van der Waals surface area contributed by atoms with Gasteiger partial charge in [0.15, 0.2) is 0 Å². The summed E-state index contributed by atoms with van der Waals surface area (Å²) < 4.78 is 5.86. The highest BCUT2D eigenvalue weighted by Crippen LogP contribution is 2.34. The molecule has 0 saturated carbocycles. The van der Waals surface area contributed by atoms with Crippen LogP contribution >= 0.6 is 0 Å². The standard InChI is InChI=1S/C19H22N2O2/c1-13-7-9-17-18(11-13)23-14(2)12-21(17)19(22)10-8-15-5-3-4-6-16(15)20/h3-7,9,11,14H,8,10,12,20H2,1-2H3. The van der Waals surface area contributed by atoms with E-state index in [1.54, 1.807) is 0 Å². The molecule has 0 radical (unpaired) electrons. The minimum Gasteiger partial charge on any atom is -0.487 e. The predicted molar refractivity (Wildman–Crippen MR) is 92.8 cm³/mol. The van der Waals surface area contributed by atoms with E-state index in [0.29, 0.717) is 19.4 Å². The molecule has 4 heteroatoms. The van der Waals surface area contributed by atoms with Gasteiger partial charge in [-0.25, -0.2) is 0 Å². The maximum absolute atomic E-state index is 12.7. The largest absolute Gasteiger partial charge is 0.487 e. The molecule has 1 aliphatic heterocycles. The van der Waals surface area contributed by atoms with Crippen molar-refractivity contribution in [1.29, 1.82) is 0 Å². The summed E-state index contributed by atoms with van der Waals surface area (Å²) in [5, 5.41) is 0. The molecule has 2 N–H and O–H groups in total. The van der Waals surface area contributed by atoms with Crippen LogP contribution in [0.4, 0.5) is 11.4 Å². The number of hydrogen-bond acceptors (Lipinski definition) is 3. The highest BCUT2D eigenvalue weighted by atomic mass is 16.5. The predicted octanol–water partition coefficient (Wildman–Crippen LogP) is 3.32. The first kappa shape index (κ1) is 15.4. The van der Waals surface area contributed by atoms with Crippen LogP contribution in [0.3, 0.4) is 0 Å². The monoisotopic (exact) mass is 310 g/mol. The molecule has 0 aromatic heterocycles. The van der Waals surface area contributed by atoms with Gasteiger partial charge in [-0.15, -0.1) is 0 Å². The fourth-order valence-electron chi connectivity index (χ4n) is 2.92. The number of benzene rings is 2. The Balaban J connectivity index is 1.76. The van der Waals surface area contributed by atoms with Crippen molar-refractivity contribution in [3.8, 4) is 5.75 Å². The Labute approximate surface area is 136 Å². The van der Waals surface area contributed by atoms with E-state index in [1.807, 2.05) is 61.2 Å². The smallest absolute Gasteiger partial charge is 0.227 e. The summed E-state index contributed by atoms with van der Waals surface area (Å²) in [6.45, 7) is 4.59. The number of hydrogen-bond donors (Lipinski definition) is 1. The number of ether oxygens (including phenoxy) is 1. The first-order valence-electron chi connectivity index (χ1n) is 7.95. The van der Waals surface area contributed by atoms with E-state index in [4.69, 9.17) is 10.5 Å². The van der Waals surface area contributed by atoms with Gasteiger partial charge in [-0.3, -0.25) is 4.79 Å². The van der Waals surface area contributed by atoms with E-state index in [9.17, 15) is 4.79 Å². The molecule has 0 aliphatic carbocycles. The zero-order valence-electron chi connectivity index (χ0n) is 13.6. The highest BCUT2D eigenvalue weighted by molar-refractivity contribution is 5.95. The van der Waals surface area contributed by atoms with Crippen molar-refractivity contribution in [2.75, 3.05) is 17.2 Å². The molecule has 2 aromatic rings. The maximum Gasteiger partial charge on any atom is 0.227 e. The summed E-state index contributed by atoms with van der Waals surface area (Å²) in [6.07, 6.45) is 1.09. The van der Waals surface area contributed by atoms with Gasteiger partial charge in [0.25, 0.3) is 0 Å². The first-order valence-corrected chi connectivity index (χ1v) is 7.95. The average Bonchev–Trinajstić information content (AvgIpc) is 2.52. The third-order valence-corrected chi connectivity index (χ3v) is 4.14. The highest BCUT2D eigenvalue weighted by Gasteiger charge is 2.27.